The number of thiophene rings is 1. The molecule has 1 aliphatic carbocycles. The van der Waals surface area contributed by atoms with E-state index in [-0.39, 0.29) is 5.91 Å². The van der Waals surface area contributed by atoms with Gasteiger partial charge in [0, 0.05) is 17.7 Å². The predicted molar refractivity (Wildman–Crippen MR) is 74.5 cm³/mol. The Balaban J connectivity index is 1.69. The summed E-state index contributed by atoms with van der Waals surface area (Å²) in [5.74, 6) is 0.0494. The standard InChI is InChI=1S/C14H17N3OS/c15-8-11-10-4-3-5-12(10)19-14(11)16-13(18)9-17-6-1-2-7-17/h1-7,9H2,(H,16,18)/p+1. The molecule has 100 valence electrons. The van der Waals surface area contributed by atoms with Crippen LogP contribution in [0.15, 0.2) is 0 Å². The molecule has 1 saturated heterocycles. The summed E-state index contributed by atoms with van der Waals surface area (Å²) in [5.41, 5.74) is 1.89. The molecule has 2 N–H and O–H groups in total. The topological polar surface area (TPSA) is 57.3 Å². The smallest absolute Gasteiger partial charge is 0.280 e. The van der Waals surface area contributed by atoms with Gasteiger partial charge in [-0.3, -0.25) is 4.79 Å². The molecule has 19 heavy (non-hydrogen) atoms. The number of hydrogen-bond donors (Lipinski definition) is 2. The number of carbonyl (C=O) groups is 1. The number of amides is 1. The van der Waals surface area contributed by atoms with Crippen LogP contribution in [0.4, 0.5) is 5.00 Å². The van der Waals surface area contributed by atoms with E-state index in [2.05, 4.69) is 11.4 Å². The molecule has 0 atom stereocenters. The summed E-state index contributed by atoms with van der Waals surface area (Å²) >= 11 is 1.60. The van der Waals surface area contributed by atoms with Crippen LogP contribution in [0, 0.1) is 11.3 Å². The molecule has 2 heterocycles. The van der Waals surface area contributed by atoms with Crippen molar-refractivity contribution in [3.8, 4) is 6.07 Å². The Bertz CT molecular complexity index is 538. The summed E-state index contributed by atoms with van der Waals surface area (Å²) in [6.07, 6.45) is 5.63. The van der Waals surface area contributed by atoms with E-state index in [1.54, 1.807) is 11.3 Å². The number of nitrogens with zero attached hydrogens (tertiary/aromatic N) is 1. The lowest BCUT2D eigenvalue weighted by atomic mass is 10.1. The van der Waals surface area contributed by atoms with Gasteiger partial charge in [-0.05, 0) is 24.8 Å². The number of likely N-dealkylation sites (tertiary alicyclic amines) is 1. The second-order valence-electron chi connectivity index (χ2n) is 5.36. The number of carbonyl (C=O) groups excluding carboxylic acids is 1. The van der Waals surface area contributed by atoms with Crippen LogP contribution in [0.25, 0.3) is 0 Å². The number of nitrogens with one attached hydrogen (secondary N) is 2. The van der Waals surface area contributed by atoms with Crippen LogP contribution in [0.1, 0.15) is 35.3 Å². The molecular formula is C14H18N3OS+. The van der Waals surface area contributed by atoms with Crippen LogP contribution in [0.3, 0.4) is 0 Å². The minimum atomic E-state index is 0.0494. The first-order valence-electron chi connectivity index (χ1n) is 6.96. The third-order valence-electron chi connectivity index (χ3n) is 4.01. The fraction of sp³-hybridized carbons (Fsp3) is 0.571. The molecule has 1 aromatic rings. The van der Waals surface area contributed by atoms with Crippen LogP contribution in [0.2, 0.25) is 0 Å². The summed E-state index contributed by atoms with van der Waals surface area (Å²) < 4.78 is 0. The Kier molecular flexibility index (Phi) is 3.54. The Labute approximate surface area is 117 Å². The first-order chi connectivity index (χ1) is 9.28. The normalized spacial score (nSPS) is 18.3. The third-order valence-corrected chi connectivity index (χ3v) is 5.21. The van der Waals surface area contributed by atoms with Crippen molar-refractivity contribution >= 4 is 22.2 Å². The highest BCUT2D eigenvalue weighted by atomic mass is 32.1. The number of aryl methyl sites for hydroxylation is 1. The Hall–Kier alpha value is -1.38. The number of rotatable bonds is 3. The van der Waals surface area contributed by atoms with Gasteiger partial charge in [0.1, 0.15) is 11.1 Å². The summed E-state index contributed by atoms with van der Waals surface area (Å²) in [6, 6.07) is 2.26. The zero-order valence-corrected chi connectivity index (χ0v) is 11.7. The third kappa shape index (κ3) is 2.51. The van der Waals surface area contributed by atoms with Gasteiger partial charge < -0.3 is 10.2 Å². The SMILES string of the molecule is N#Cc1c(NC(=O)C[NH+]2CCCC2)sc2c1CCC2. The maximum atomic E-state index is 12.0. The predicted octanol–water partition coefficient (Wildman–Crippen LogP) is 0.726. The summed E-state index contributed by atoms with van der Waals surface area (Å²) in [6.45, 7) is 2.73. The van der Waals surface area contributed by atoms with Gasteiger partial charge >= 0.3 is 0 Å². The maximum Gasteiger partial charge on any atom is 0.280 e. The van der Waals surface area contributed by atoms with Gasteiger partial charge in [-0.1, -0.05) is 0 Å². The van der Waals surface area contributed by atoms with Gasteiger partial charge in [0.05, 0.1) is 18.7 Å². The molecule has 3 rings (SSSR count). The van der Waals surface area contributed by atoms with E-state index < -0.39 is 0 Å². The van der Waals surface area contributed by atoms with Crippen LogP contribution in [-0.2, 0) is 17.6 Å². The molecule has 5 heteroatoms. The van der Waals surface area contributed by atoms with E-state index in [9.17, 15) is 10.1 Å². The number of quaternary nitrogens is 1. The first kappa shape index (κ1) is 12.6. The molecule has 4 nitrogen and oxygen atoms in total. The highest BCUT2D eigenvalue weighted by Gasteiger charge is 2.24. The van der Waals surface area contributed by atoms with Crippen LogP contribution in [-0.4, -0.2) is 25.5 Å². The average molecular weight is 276 g/mol. The molecule has 1 amide bonds. The van der Waals surface area contributed by atoms with Gasteiger partial charge in [0.15, 0.2) is 6.54 Å². The second-order valence-corrected chi connectivity index (χ2v) is 6.46. The van der Waals surface area contributed by atoms with Crippen molar-refractivity contribution in [1.29, 1.82) is 5.26 Å². The molecule has 1 fully saturated rings. The first-order valence-corrected chi connectivity index (χ1v) is 7.77. The minimum Gasteiger partial charge on any atom is -0.327 e. The van der Waals surface area contributed by atoms with E-state index in [0.717, 1.165) is 37.4 Å². The highest BCUT2D eigenvalue weighted by molar-refractivity contribution is 7.16. The minimum absolute atomic E-state index is 0.0494. The largest absolute Gasteiger partial charge is 0.327 e. The maximum absolute atomic E-state index is 12.0. The second kappa shape index (κ2) is 5.32. The van der Waals surface area contributed by atoms with Gasteiger partial charge in [0.2, 0.25) is 0 Å². The quantitative estimate of drug-likeness (QED) is 0.855. The van der Waals surface area contributed by atoms with Crippen molar-refractivity contribution < 1.29 is 9.69 Å². The van der Waals surface area contributed by atoms with Gasteiger partial charge in [-0.2, -0.15) is 5.26 Å². The zero-order valence-electron chi connectivity index (χ0n) is 10.9. The average Bonchev–Trinajstić information content (AvgIpc) is 3.05. The van der Waals surface area contributed by atoms with E-state index in [1.165, 1.54) is 28.2 Å². The van der Waals surface area contributed by atoms with E-state index in [4.69, 9.17) is 0 Å². The van der Waals surface area contributed by atoms with Gasteiger partial charge in [-0.25, -0.2) is 0 Å². The molecule has 0 radical (unpaired) electrons. The van der Waals surface area contributed by atoms with Crippen molar-refractivity contribution in [2.45, 2.75) is 32.1 Å². The summed E-state index contributed by atoms with van der Waals surface area (Å²) in [4.78, 5) is 14.7. The molecule has 0 bridgehead atoms. The van der Waals surface area contributed by atoms with Crippen molar-refractivity contribution in [1.82, 2.24) is 0 Å². The van der Waals surface area contributed by atoms with Crippen molar-refractivity contribution in [2.24, 2.45) is 0 Å². The summed E-state index contributed by atoms with van der Waals surface area (Å²) in [5, 5.41) is 13.0. The van der Waals surface area contributed by atoms with Gasteiger partial charge in [-0.15, -0.1) is 11.3 Å². The number of anilines is 1. The van der Waals surface area contributed by atoms with E-state index >= 15 is 0 Å². The number of fused-ring (bicyclic) bond motifs is 1. The van der Waals surface area contributed by atoms with Crippen LogP contribution >= 0.6 is 11.3 Å². The lowest BCUT2D eigenvalue weighted by Gasteiger charge is -2.11. The van der Waals surface area contributed by atoms with E-state index in [1.807, 2.05) is 0 Å². The molecule has 0 unspecified atom stereocenters. The van der Waals surface area contributed by atoms with Crippen LogP contribution < -0.4 is 10.2 Å². The molecule has 0 aromatic carbocycles. The van der Waals surface area contributed by atoms with Crippen molar-refractivity contribution in [2.75, 3.05) is 25.0 Å². The Morgan fingerprint density at radius 3 is 2.84 bits per heavy atom. The Morgan fingerprint density at radius 1 is 1.32 bits per heavy atom. The Morgan fingerprint density at radius 2 is 2.11 bits per heavy atom. The molecular weight excluding hydrogens is 258 g/mol. The fourth-order valence-corrected chi connectivity index (χ4v) is 4.32. The van der Waals surface area contributed by atoms with Crippen molar-refractivity contribution in [3.63, 3.8) is 0 Å². The van der Waals surface area contributed by atoms with Crippen molar-refractivity contribution in [3.05, 3.63) is 16.0 Å². The monoisotopic (exact) mass is 276 g/mol. The zero-order chi connectivity index (χ0) is 13.2. The summed E-state index contributed by atoms with van der Waals surface area (Å²) in [7, 11) is 0. The number of nitriles is 1. The molecule has 0 spiro atoms. The van der Waals surface area contributed by atoms with Gasteiger partial charge in [0.25, 0.3) is 5.91 Å². The lowest BCUT2D eigenvalue weighted by molar-refractivity contribution is -0.878. The molecule has 1 aromatic heterocycles. The molecule has 2 aliphatic rings. The number of hydrogen-bond acceptors (Lipinski definition) is 3. The molecule has 1 aliphatic heterocycles. The fourth-order valence-electron chi connectivity index (χ4n) is 3.06. The highest BCUT2D eigenvalue weighted by Crippen LogP contribution is 2.38. The van der Waals surface area contributed by atoms with E-state index in [0.29, 0.717) is 12.1 Å². The lowest BCUT2D eigenvalue weighted by Crippen LogP contribution is -3.11. The molecule has 0 saturated carbocycles. The van der Waals surface area contributed by atoms with Crippen LogP contribution in [0.5, 0.6) is 0 Å².